The van der Waals surface area contributed by atoms with E-state index in [2.05, 4.69) is 15.3 Å². The van der Waals surface area contributed by atoms with Gasteiger partial charge in [-0.15, -0.1) is 11.8 Å². The van der Waals surface area contributed by atoms with Crippen LogP contribution >= 0.6 is 11.8 Å². The minimum Gasteiger partial charge on any atom is -0.328 e. The molecular formula is C15H11F3N4OS. The molecule has 2 aromatic heterocycles. The van der Waals surface area contributed by atoms with E-state index in [4.69, 9.17) is 0 Å². The van der Waals surface area contributed by atoms with Gasteiger partial charge in [0.25, 0.3) is 0 Å². The van der Waals surface area contributed by atoms with Crippen molar-refractivity contribution in [2.45, 2.75) is 11.1 Å². The number of halogens is 3. The van der Waals surface area contributed by atoms with Crippen molar-refractivity contribution in [1.82, 2.24) is 14.5 Å². The third-order valence-electron chi connectivity index (χ3n) is 3.36. The average molecular weight is 352 g/mol. The molecule has 0 radical (unpaired) electrons. The van der Waals surface area contributed by atoms with E-state index in [0.717, 1.165) is 11.0 Å². The number of carbonyl (C=O) groups excluding carboxylic acids is 1. The van der Waals surface area contributed by atoms with E-state index < -0.39 is 11.9 Å². The van der Waals surface area contributed by atoms with Gasteiger partial charge in [0.1, 0.15) is 17.5 Å². The Kier molecular flexibility index (Phi) is 4.18. The van der Waals surface area contributed by atoms with Gasteiger partial charge in [0.05, 0.1) is 5.69 Å². The van der Waals surface area contributed by atoms with E-state index in [1.54, 1.807) is 18.2 Å². The molecule has 0 atom stereocenters. The third kappa shape index (κ3) is 2.94. The fourth-order valence-corrected chi connectivity index (χ4v) is 2.84. The molecule has 0 aliphatic heterocycles. The fraction of sp³-hybridized carbons (Fsp3) is 0.133. The Bertz CT molecular complexity index is 907. The van der Waals surface area contributed by atoms with Crippen LogP contribution < -0.4 is 5.32 Å². The molecule has 1 N–H and O–H groups in total. The molecule has 1 aromatic carbocycles. The summed E-state index contributed by atoms with van der Waals surface area (Å²) in [5.74, 6) is 0. The first-order valence-corrected chi connectivity index (χ1v) is 7.96. The highest BCUT2D eigenvalue weighted by Gasteiger charge is 2.33. The SMILES string of the molecule is CSc1cc(-n2cnc3ccc(C(F)(F)F)nc32)ccc1NC=O. The van der Waals surface area contributed by atoms with Crippen molar-refractivity contribution in [1.29, 1.82) is 0 Å². The van der Waals surface area contributed by atoms with Gasteiger partial charge in [0, 0.05) is 10.6 Å². The quantitative estimate of drug-likeness (QED) is 0.574. The maximum atomic E-state index is 12.9. The number of hydrogen-bond acceptors (Lipinski definition) is 4. The number of hydrogen-bond donors (Lipinski definition) is 1. The molecule has 0 saturated carbocycles. The summed E-state index contributed by atoms with van der Waals surface area (Å²) in [4.78, 5) is 19.2. The van der Waals surface area contributed by atoms with Gasteiger partial charge in [0.2, 0.25) is 6.41 Å². The molecule has 0 spiro atoms. The van der Waals surface area contributed by atoms with Gasteiger partial charge in [-0.1, -0.05) is 0 Å². The summed E-state index contributed by atoms with van der Waals surface area (Å²) in [5.41, 5.74) is 0.734. The standard InChI is InChI=1S/C15H11F3N4OS/c1-24-12-6-9(2-3-10(12)20-8-23)22-7-19-11-4-5-13(15(16,17)18)21-14(11)22/h2-8H,1H3,(H,20,23). The van der Waals surface area contributed by atoms with Crippen LogP contribution in [0.2, 0.25) is 0 Å². The summed E-state index contributed by atoms with van der Waals surface area (Å²) in [6.07, 6.45) is -0.699. The number of fused-ring (bicyclic) bond motifs is 1. The summed E-state index contributed by atoms with van der Waals surface area (Å²) in [6.45, 7) is 0. The number of aromatic nitrogens is 3. The smallest absolute Gasteiger partial charge is 0.328 e. The van der Waals surface area contributed by atoms with Gasteiger partial charge in [-0.2, -0.15) is 13.2 Å². The first-order chi connectivity index (χ1) is 11.4. The van der Waals surface area contributed by atoms with E-state index in [-0.39, 0.29) is 5.65 Å². The van der Waals surface area contributed by atoms with Crippen LogP contribution in [0.15, 0.2) is 41.6 Å². The Balaban J connectivity index is 2.14. The molecule has 0 bridgehead atoms. The molecule has 9 heteroatoms. The normalized spacial score (nSPS) is 11.7. The zero-order chi connectivity index (χ0) is 17.3. The summed E-state index contributed by atoms with van der Waals surface area (Å²) >= 11 is 1.40. The van der Waals surface area contributed by atoms with E-state index in [0.29, 0.717) is 23.3 Å². The third-order valence-corrected chi connectivity index (χ3v) is 4.14. The van der Waals surface area contributed by atoms with Crippen LogP contribution in [0, 0.1) is 0 Å². The van der Waals surface area contributed by atoms with E-state index in [9.17, 15) is 18.0 Å². The Hall–Kier alpha value is -2.55. The topological polar surface area (TPSA) is 59.8 Å². The molecule has 0 aliphatic rings. The number of nitrogens with one attached hydrogen (secondary N) is 1. The number of nitrogens with zero attached hydrogens (tertiary/aromatic N) is 3. The number of carbonyl (C=O) groups is 1. The Morgan fingerprint density at radius 2 is 2.04 bits per heavy atom. The van der Waals surface area contributed by atoms with Crippen LogP contribution in [0.1, 0.15) is 5.69 Å². The van der Waals surface area contributed by atoms with Crippen molar-refractivity contribution < 1.29 is 18.0 Å². The zero-order valence-corrected chi connectivity index (χ0v) is 13.1. The second-order valence-corrected chi connectivity index (χ2v) is 5.65. The van der Waals surface area contributed by atoms with Crippen molar-refractivity contribution in [2.24, 2.45) is 0 Å². The number of thioether (sulfide) groups is 1. The number of anilines is 1. The van der Waals surface area contributed by atoms with Gasteiger partial charge in [-0.25, -0.2) is 9.97 Å². The van der Waals surface area contributed by atoms with Gasteiger partial charge < -0.3 is 5.32 Å². The molecule has 3 aromatic rings. The predicted molar refractivity (Wildman–Crippen MR) is 85.3 cm³/mol. The van der Waals surface area contributed by atoms with Gasteiger partial charge in [-0.05, 0) is 36.6 Å². The molecule has 0 unspecified atom stereocenters. The fourth-order valence-electron chi connectivity index (χ4n) is 2.25. The molecule has 0 fully saturated rings. The number of imidazole rings is 1. The Morgan fingerprint density at radius 1 is 1.25 bits per heavy atom. The van der Waals surface area contributed by atoms with Crippen LogP contribution in [0.4, 0.5) is 18.9 Å². The molecule has 5 nitrogen and oxygen atoms in total. The lowest BCUT2D eigenvalue weighted by Gasteiger charge is -2.11. The highest BCUT2D eigenvalue weighted by atomic mass is 32.2. The summed E-state index contributed by atoms with van der Waals surface area (Å²) in [6, 6.07) is 7.30. The van der Waals surface area contributed by atoms with E-state index in [1.807, 2.05) is 6.26 Å². The second kappa shape index (κ2) is 6.16. The molecule has 3 rings (SSSR count). The first-order valence-electron chi connectivity index (χ1n) is 6.74. The molecular weight excluding hydrogens is 341 g/mol. The van der Waals surface area contributed by atoms with Crippen molar-refractivity contribution in [3.8, 4) is 5.69 Å². The maximum absolute atomic E-state index is 12.9. The van der Waals surface area contributed by atoms with Gasteiger partial charge in [-0.3, -0.25) is 9.36 Å². The summed E-state index contributed by atoms with van der Waals surface area (Å²) in [7, 11) is 0. The first kappa shape index (κ1) is 16.3. The second-order valence-electron chi connectivity index (χ2n) is 4.80. The van der Waals surface area contributed by atoms with Crippen molar-refractivity contribution >= 4 is 35.0 Å². The molecule has 124 valence electrons. The number of pyridine rings is 1. The lowest BCUT2D eigenvalue weighted by Crippen LogP contribution is -2.08. The number of amides is 1. The Labute approximate surface area is 138 Å². The minimum absolute atomic E-state index is 0.118. The highest BCUT2D eigenvalue weighted by molar-refractivity contribution is 7.98. The van der Waals surface area contributed by atoms with E-state index >= 15 is 0 Å². The molecule has 0 saturated heterocycles. The van der Waals surface area contributed by atoms with Crippen LogP contribution in [0.3, 0.4) is 0 Å². The van der Waals surface area contributed by atoms with Crippen LogP contribution in [-0.2, 0) is 11.0 Å². The van der Waals surface area contributed by atoms with Crippen LogP contribution in [0.25, 0.3) is 16.9 Å². The molecule has 0 aliphatic carbocycles. The zero-order valence-electron chi connectivity index (χ0n) is 12.3. The van der Waals surface area contributed by atoms with Crippen molar-refractivity contribution in [2.75, 3.05) is 11.6 Å². The highest BCUT2D eigenvalue weighted by Crippen LogP contribution is 2.31. The van der Waals surface area contributed by atoms with Gasteiger partial charge >= 0.3 is 6.18 Å². The van der Waals surface area contributed by atoms with Crippen molar-refractivity contribution in [3.05, 3.63) is 42.4 Å². The van der Waals surface area contributed by atoms with Gasteiger partial charge in [0.15, 0.2) is 5.65 Å². The minimum atomic E-state index is -4.52. The number of alkyl halides is 3. The molecule has 2 heterocycles. The summed E-state index contributed by atoms with van der Waals surface area (Å²) < 4.78 is 40.1. The monoisotopic (exact) mass is 352 g/mol. The largest absolute Gasteiger partial charge is 0.433 e. The van der Waals surface area contributed by atoms with Crippen LogP contribution in [0.5, 0.6) is 0 Å². The molecule has 1 amide bonds. The predicted octanol–water partition coefficient (Wildman–Crippen LogP) is 3.73. The lowest BCUT2D eigenvalue weighted by molar-refractivity contribution is -0.141. The maximum Gasteiger partial charge on any atom is 0.433 e. The van der Waals surface area contributed by atoms with Crippen molar-refractivity contribution in [3.63, 3.8) is 0 Å². The average Bonchev–Trinajstić information content (AvgIpc) is 2.98. The molecule has 24 heavy (non-hydrogen) atoms. The lowest BCUT2D eigenvalue weighted by atomic mass is 10.2. The number of rotatable bonds is 4. The summed E-state index contributed by atoms with van der Waals surface area (Å²) in [5, 5.41) is 2.58. The Morgan fingerprint density at radius 3 is 2.71 bits per heavy atom. The van der Waals surface area contributed by atoms with E-state index in [1.165, 1.54) is 28.7 Å². The number of benzene rings is 1. The van der Waals surface area contributed by atoms with Crippen LogP contribution in [-0.4, -0.2) is 27.2 Å².